The molecule has 5 heteroatoms. The highest BCUT2D eigenvalue weighted by Gasteiger charge is 2.20. The van der Waals surface area contributed by atoms with Crippen molar-refractivity contribution in [3.8, 4) is 0 Å². The van der Waals surface area contributed by atoms with Gasteiger partial charge < -0.3 is 0 Å². The Kier molecular flexibility index (Phi) is 4.88. The number of rotatable bonds is 5. The van der Waals surface area contributed by atoms with Gasteiger partial charge in [0.2, 0.25) is 0 Å². The lowest BCUT2D eigenvalue weighted by Gasteiger charge is -2.25. The molecule has 0 fully saturated rings. The zero-order valence-corrected chi connectivity index (χ0v) is 9.68. The van der Waals surface area contributed by atoms with Crippen molar-refractivity contribution in [2.45, 2.75) is 25.9 Å². The SMILES string of the molecule is CCC(C(=O)NN)N(C)Cc1ccncc1. The Hall–Kier alpha value is -1.46. The Labute approximate surface area is 95.6 Å². The van der Waals surface area contributed by atoms with Gasteiger partial charge in [0.25, 0.3) is 5.91 Å². The van der Waals surface area contributed by atoms with Crippen LogP contribution in [0.5, 0.6) is 0 Å². The number of nitrogens with zero attached hydrogens (tertiary/aromatic N) is 2. The first-order chi connectivity index (χ1) is 7.69. The molecule has 0 saturated heterocycles. The summed E-state index contributed by atoms with van der Waals surface area (Å²) in [6.07, 6.45) is 4.21. The zero-order chi connectivity index (χ0) is 12.0. The second kappa shape index (κ2) is 6.19. The van der Waals surface area contributed by atoms with E-state index in [0.29, 0.717) is 6.54 Å². The minimum absolute atomic E-state index is 0.154. The first-order valence-electron chi connectivity index (χ1n) is 5.28. The number of nitrogens with one attached hydrogen (secondary N) is 1. The van der Waals surface area contributed by atoms with E-state index in [1.807, 2.05) is 31.0 Å². The molecule has 0 aliphatic heterocycles. The molecule has 0 saturated carbocycles. The minimum atomic E-state index is -0.196. The van der Waals surface area contributed by atoms with Crippen LogP contribution in [0.15, 0.2) is 24.5 Å². The lowest BCUT2D eigenvalue weighted by atomic mass is 10.1. The summed E-state index contributed by atoms with van der Waals surface area (Å²) in [6.45, 7) is 2.66. The van der Waals surface area contributed by atoms with Gasteiger partial charge in [-0.2, -0.15) is 0 Å². The van der Waals surface area contributed by atoms with Crippen molar-refractivity contribution in [2.75, 3.05) is 7.05 Å². The maximum Gasteiger partial charge on any atom is 0.251 e. The van der Waals surface area contributed by atoms with Crippen LogP contribution in [-0.4, -0.2) is 28.9 Å². The summed E-state index contributed by atoms with van der Waals surface area (Å²) >= 11 is 0. The molecule has 5 nitrogen and oxygen atoms in total. The first kappa shape index (κ1) is 12.6. The number of amides is 1. The number of carbonyl (C=O) groups excluding carboxylic acids is 1. The molecule has 0 radical (unpaired) electrons. The molecule has 1 heterocycles. The first-order valence-corrected chi connectivity index (χ1v) is 5.28. The largest absolute Gasteiger partial charge is 0.293 e. The van der Waals surface area contributed by atoms with Gasteiger partial charge in [0.15, 0.2) is 0 Å². The molecule has 1 unspecified atom stereocenters. The predicted molar refractivity (Wildman–Crippen MR) is 62.1 cm³/mol. The van der Waals surface area contributed by atoms with Gasteiger partial charge in [0.05, 0.1) is 6.04 Å². The normalized spacial score (nSPS) is 12.5. The third-order valence-electron chi connectivity index (χ3n) is 2.54. The second-order valence-electron chi connectivity index (χ2n) is 3.70. The minimum Gasteiger partial charge on any atom is -0.293 e. The molecule has 16 heavy (non-hydrogen) atoms. The van der Waals surface area contributed by atoms with Gasteiger partial charge in [0.1, 0.15) is 0 Å². The van der Waals surface area contributed by atoms with Crippen LogP contribution in [0, 0.1) is 0 Å². The fourth-order valence-corrected chi connectivity index (χ4v) is 1.68. The molecule has 1 amide bonds. The molecule has 0 aliphatic rings. The topological polar surface area (TPSA) is 71.2 Å². The van der Waals surface area contributed by atoms with Gasteiger partial charge in [-0.1, -0.05) is 6.92 Å². The fraction of sp³-hybridized carbons (Fsp3) is 0.455. The van der Waals surface area contributed by atoms with E-state index in [1.54, 1.807) is 12.4 Å². The molecule has 88 valence electrons. The quantitative estimate of drug-likeness (QED) is 0.426. The third kappa shape index (κ3) is 3.29. The number of hydrazine groups is 1. The van der Waals surface area contributed by atoms with E-state index in [4.69, 9.17) is 5.84 Å². The summed E-state index contributed by atoms with van der Waals surface area (Å²) in [7, 11) is 1.91. The van der Waals surface area contributed by atoms with Crippen LogP contribution in [0.3, 0.4) is 0 Å². The number of carbonyl (C=O) groups is 1. The molecule has 0 aliphatic carbocycles. The number of pyridine rings is 1. The summed E-state index contributed by atoms with van der Waals surface area (Å²) < 4.78 is 0. The van der Waals surface area contributed by atoms with Crippen LogP contribution in [0.25, 0.3) is 0 Å². The van der Waals surface area contributed by atoms with E-state index in [1.165, 1.54) is 0 Å². The van der Waals surface area contributed by atoms with E-state index >= 15 is 0 Å². The maximum atomic E-state index is 11.5. The van der Waals surface area contributed by atoms with Gasteiger partial charge in [-0.15, -0.1) is 0 Å². The molecule has 1 rings (SSSR count). The molecule has 1 aromatic rings. The van der Waals surface area contributed by atoms with Crippen LogP contribution in [-0.2, 0) is 11.3 Å². The molecule has 3 N–H and O–H groups in total. The summed E-state index contributed by atoms with van der Waals surface area (Å²) in [5, 5.41) is 0. The Morgan fingerprint density at radius 3 is 2.69 bits per heavy atom. The van der Waals surface area contributed by atoms with Crippen LogP contribution >= 0.6 is 0 Å². The van der Waals surface area contributed by atoms with Crippen LogP contribution in [0.2, 0.25) is 0 Å². The van der Waals surface area contributed by atoms with E-state index in [9.17, 15) is 4.79 Å². The molecule has 0 aromatic carbocycles. The van der Waals surface area contributed by atoms with E-state index < -0.39 is 0 Å². The smallest absolute Gasteiger partial charge is 0.251 e. The number of hydrogen-bond donors (Lipinski definition) is 2. The van der Waals surface area contributed by atoms with Crippen molar-refractivity contribution < 1.29 is 4.79 Å². The maximum absolute atomic E-state index is 11.5. The number of likely N-dealkylation sites (N-methyl/N-ethyl adjacent to an activating group) is 1. The van der Waals surface area contributed by atoms with E-state index in [2.05, 4.69) is 10.4 Å². The van der Waals surface area contributed by atoms with Gasteiger partial charge in [0, 0.05) is 18.9 Å². The number of nitrogens with two attached hydrogens (primary N) is 1. The summed E-state index contributed by atoms with van der Waals surface area (Å²) in [5.74, 6) is 4.99. The molecular weight excluding hydrogens is 204 g/mol. The monoisotopic (exact) mass is 222 g/mol. The number of hydrogen-bond acceptors (Lipinski definition) is 4. The Bertz CT molecular complexity index is 328. The Morgan fingerprint density at radius 2 is 2.19 bits per heavy atom. The zero-order valence-electron chi connectivity index (χ0n) is 9.68. The molecule has 1 atom stereocenters. The number of aromatic nitrogens is 1. The molecule has 0 bridgehead atoms. The molecule has 1 aromatic heterocycles. The summed E-state index contributed by atoms with van der Waals surface area (Å²) in [5.41, 5.74) is 3.32. The second-order valence-corrected chi connectivity index (χ2v) is 3.70. The van der Waals surface area contributed by atoms with E-state index in [-0.39, 0.29) is 11.9 Å². The van der Waals surface area contributed by atoms with Crippen molar-refractivity contribution in [2.24, 2.45) is 5.84 Å². The van der Waals surface area contributed by atoms with Crippen molar-refractivity contribution in [3.05, 3.63) is 30.1 Å². The van der Waals surface area contributed by atoms with Crippen molar-refractivity contribution in [3.63, 3.8) is 0 Å². The highest BCUT2D eigenvalue weighted by Crippen LogP contribution is 2.07. The van der Waals surface area contributed by atoms with Gasteiger partial charge >= 0.3 is 0 Å². The van der Waals surface area contributed by atoms with Crippen molar-refractivity contribution in [1.29, 1.82) is 0 Å². The van der Waals surface area contributed by atoms with Crippen molar-refractivity contribution in [1.82, 2.24) is 15.3 Å². The van der Waals surface area contributed by atoms with Gasteiger partial charge in [-0.3, -0.25) is 20.1 Å². The highest BCUT2D eigenvalue weighted by atomic mass is 16.2. The van der Waals surface area contributed by atoms with Crippen LogP contribution in [0.1, 0.15) is 18.9 Å². The average molecular weight is 222 g/mol. The van der Waals surface area contributed by atoms with E-state index in [0.717, 1.165) is 12.0 Å². The van der Waals surface area contributed by atoms with Crippen LogP contribution < -0.4 is 11.3 Å². The third-order valence-corrected chi connectivity index (χ3v) is 2.54. The Morgan fingerprint density at radius 1 is 1.56 bits per heavy atom. The van der Waals surface area contributed by atoms with Gasteiger partial charge in [-0.05, 0) is 31.2 Å². The summed E-state index contributed by atoms with van der Waals surface area (Å²) in [4.78, 5) is 17.4. The van der Waals surface area contributed by atoms with Crippen molar-refractivity contribution >= 4 is 5.91 Å². The summed E-state index contributed by atoms with van der Waals surface area (Å²) in [6, 6.07) is 3.67. The molecular formula is C11H18N4O. The lowest BCUT2D eigenvalue weighted by Crippen LogP contribution is -2.47. The lowest BCUT2D eigenvalue weighted by molar-refractivity contribution is -0.126. The Balaban J connectivity index is 2.63. The average Bonchev–Trinajstić information content (AvgIpc) is 2.31. The predicted octanol–water partition coefficient (Wildman–Crippen LogP) is 0.282. The van der Waals surface area contributed by atoms with Gasteiger partial charge in [-0.25, -0.2) is 5.84 Å². The molecule has 0 spiro atoms. The highest BCUT2D eigenvalue weighted by molar-refractivity contribution is 5.80. The van der Waals surface area contributed by atoms with Crippen LogP contribution in [0.4, 0.5) is 0 Å². The fourth-order valence-electron chi connectivity index (χ4n) is 1.68. The standard InChI is InChI=1S/C11H18N4O/c1-3-10(11(16)14-12)15(2)8-9-4-6-13-7-5-9/h4-7,10H,3,8,12H2,1-2H3,(H,14,16).